The summed E-state index contributed by atoms with van der Waals surface area (Å²) in [6.07, 6.45) is 2.12. The average Bonchev–Trinajstić information content (AvgIpc) is 2.57. The van der Waals surface area contributed by atoms with Gasteiger partial charge in [-0.05, 0) is 30.8 Å². The van der Waals surface area contributed by atoms with Crippen molar-refractivity contribution in [2.75, 3.05) is 18.4 Å². The molecule has 5 heteroatoms. The van der Waals surface area contributed by atoms with Gasteiger partial charge in [-0.1, -0.05) is 36.4 Å². The zero-order valence-corrected chi connectivity index (χ0v) is 13.2. The number of hydrogen-bond acceptors (Lipinski definition) is 3. The number of hydrogen-bond donors (Lipinski definition) is 3. The van der Waals surface area contributed by atoms with Crippen LogP contribution in [0.25, 0.3) is 10.8 Å². The molecular formula is C18H23N3O2. The van der Waals surface area contributed by atoms with Crippen LogP contribution in [-0.4, -0.2) is 24.9 Å². The number of rotatable bonds is 8. The summed E-state index contributed by atoms with van der Waals surface area (Å²) in [7, 11) is 0. The molecule has 0 aliphatic rings. The molecule has 0 atom stereocenters. The number of anilines is 1. The smallest absolute Gasteiger partial charge is 0.224 e. The lowest BCUT2D eigenvalue weighted by Crippen LogP contribution is -2.26. The predicted octanol–water partition coefficient (Wildman–Crippen LogP) is 2.41. The fraction of sp³-hybridized carbons (Fsp3) is 0.333. The summed E-state index contributed by atoms with van der Waals surface area (Å²) in [5, 5.41) is 7.74. The van der Waals surface area contributed by atoms with Crippen molar-refractivity contribution in [3.63, 3.8) is 0 Å². The van der Waals surface area contributed by atoms with Crippen LogP contribution in [0.15, 0.2) is 42.5 Å². The maximum absolute atomic E-state index is 12.0. The summed E-state index contributed by atoms with van der Waals surface area (Å²) >= 11 is 0. The lowest BCUT2D eigenvalue weighted by atomic mass is 10.1. The quantitative estimate of drug-likeness (QED) is 0.654. The first-order valence-electron chi connectivity index (χ1n) is 7.95. The van der Waals surface area contributed by atoms with Crippen molar-refractivity contribution >= 4 is 28.3 Å². The molecule has 0 aliphatic heterocycles. The molecule has 0 fully saturated rings. The largest absolute Gasteiger partial charge is 0.356 e. The number of benzene rings is 2. The zero-order chi connectivity index (χ0) is 16.5. The van der Waals surface area contributed by atoms with Gasteiger partial charge >= 0.3 is 0 Å². The van der Waals surface area contributed by atoms with Gasteiger partial charge in [0, 0.05) is 30.5 Å². The topological polar surface area (TPSA) is 84.2 Å². The molecule has 0 aromatic heterocycles. The monoisotopic (exact) mass is 313 g/mol. The number of amides is 2. The maximum Gasteiger partial charge on any atom is 0.224 e. The molecule has 122 valence electrons. The Labute approximate surface area is 136 Å². The molecule has 0 saturated carbocycles. The molecule has 0 bridgehead atoms. The molecule has 2 aromatic rings. The molecule has 0 saturated heterocycles. The second-order valence-corrected chi connectivity index (χ2v) is 5.42. The Morgan fingerprint density at radius 1 is 0.913 bits per heavy atom. The van der Waals surface area contributed by atoms with Crippen molar-refractivity contribution < 1.29 is 9.59 Å². The molecular weight excluding hydrogens is 290 g/mol. The van der Waals surface area contributed by atoms with Gasteiger partial charge in [-0.3, -0.25) is 9.59 Å². The van der Waals surface area contributed by atoms with E-state index in [1.165, 1.54) is 0 Å². The highest BCUT2D eigenvalue weighted by molar-refractivity contribution is 6.02. The minimum atomic E-state index is -0.154. The Balaban J connectivity index is 1.81. The van der Waals surface area contributed by atoms with Gasteiger partial charge in [0.2, 0.25) is 11.8 Å². The third kappa shape index (κ3) is 5.38. The molecule has 0 unspecified atom stereocenters. The molecule has 0 aliphatic carbocycles. The summed E-state index contributed by atoms with van der Waals surface area (Å²) in [6, 6.07) is 13.6. The van der Waals surface area contributed by atoms with Crippen molar-refractivity contribution in [2.45, 2.75) is 25.7 Å². The van der Waals surface area contributed by atoms with Crippen LogP contribution in [0.3, 0.4) is 0 Å². The number of fused-ring (bicyclic) bond motifs is 1. The first-order chi connectivity index (χ1) is 11.2. The van der Waals surface area contributed by atoms with Gasteiger partial charge < -0.3 is 16.4 Å². The number of unbranched alkanes of at least 4 members (excludes halogenated alkanes) is 1. The van der Waals surface area contributed by atoms with Crippen LogP contribution in [0.2, 0.25) is 0 Å². The van der Waals surface area contributed by atoms with E-state index in [2.05, 4.69) is 10.6 Å². The molecule has 0 heterocycles. The van der Waals surface area contributed by atoms with Crippen molar-refractivity contribution in [3.05, 3.63) is 42.5 Å². The standard InChI is InChI=1S/C18H23N3O2/c19-12-3-4-13-20-17(22)10-11-18(23)21-16-9-5-7-14-6-1-2-8-15(14)16/h1-2,5-9H,3-4,10-13,19H2,(H,20,22)(H,21,23). The fourth-order valence-corrected chi connectivity index (χ4v) is 2.36. The molecule has 2 rings (SSSR count). The summed E-state index contributed by atoms with van der Waals surface area (Å²) in [5.74, 6) is -0.256. The second-order valence-electron chi connectivity index (χ2n) is 5.42. The Morgan fingerprint density at radius 3 is 2.48 bits per heavy atom. The van der Waals surface area contributed by atoms with E-state index in [1.807, 2.05) is 42.5 Å². The van der Waals surface area contributed by atoms with E-state index in [1.54, 1.807) is 0 Å². The molecule has 2 aromatic carbocycles. The number of nitrogens with two attached hydrogens (primary N) is 1. The van der Waals surface area contributed by atoms with Gasteiger partial charge in [0.05, 0.1) is 0 Å². The lowest BCUT2D eigenvalue weighted by Gasteiger charge is -2.09. The minimum absolute atomic E-state index is 0.102. The number of carbonyl (C=O) groups excluding carboxylic acids is 2. The SMILES string of the molecule is NCCCCNC(=O)CCC(=O)Nc1cccc2ccccc12. The Kier molecular flexibility index (Phi) is 6.56. The highest BCUT2D eigenvalue weighted by Crippen LogP contribution is 2.23. The molecule has 23 heavy (non-hydrogen) atoms. The van der Waals surface area contributed by atoms with E-state index < -0.39 is 0 Å². The third-order valence-electron chi connectivity index (χ3n) is 3.60. The zero-order valence-electron chi connectivity index (χ0n) is 13.2. The first-order valence-corrected chi connectivity index (χ1v) is 7.95. The highest BCUT2D eigenvalue weighted by Gasteiger charge is 2.08. The van der Waals surface area contributed by atoms with Gasteiger partial charge in [0.15, 0.2) is 0 Å². The van der Waals surface area contributed by atoms with Gasteiger partial charge in [-0.15, -0.1) is 0 Å². The van der Waals surface area contributed by atoms with Crippen LogP contribution in [0, 0.1) is 0 Å². The minimum Gasteiger partial charge on any atom is -0.356 e. The van der Waals surface area contributed by atoms with Gasteiger partial charge in [0.25, 0.3) is 0 Å². The molecule has 0 spiro atoms. The van der Waals surface area contributed by atoms with E-state index in [0.717, 1.165) is 29.3 Å². The lowest BCUT2D eigenvalue weighted by molar-refractivity contribution is -0.124. The molecule has 0 radical (unpaired) electrons. The molecule has 2 amide bonds. The normalized spacial score (nSPS) is 10.5. The van der Waals surface area contributed by atoms with E-state index in [9.17, 15) is 9.59 Å². The second kappa shape index (κ2) is 8.90. The highest BCUT2D eigenvalue weighted by atomic mass is 16.2. The van der Waals surface area contributed by atoms with Crippen molar-refractivity contribution in [1.82, 2.24) is 5.32 Å². The summed E-state index contributed by atoms with van der Waals surface area (Å²) < 4.78 is 0. The van der Waals surface area contributed by atoms with E-state index in [0.29, 0.717) is 13.1 Å². The Morgan fingerprint density at radius 2 is 1.65 bits per heavy atom. The molecule has 5 nitrogen and oxygen atoms in total. The van der Waals surface area contributed by atoms with Crippen LogP contribution < -0.4 is 16.4 Å². The Hall–Kier alpha value is -2.40. The van der Waals surface area contributed by atoms with Gasteiger partial charge in [-0.2, -0.15) is 0 Å². The van der Waals surface area contributed by atoms with Crippen LogP contribution in [-0.2, 0) is 9.59 Å². The fourth-order valence-electron chi connectivity index (χ4n) is 2.36. The van der Waals surface area contributed by atoms with Crippen molar-refractivity contribution in [1.29, 1.82) is 0 Å². The molecule has 4 N–H and O–H groups in total. The van der Waals surface area contributed by atoms with E-state index in [-0.39, 0.29) is 24.7 Å². The van der Waals surface area contributed by atoms with Crippen LogP contribution in [0.1, 0.15) is 25.7 Å². The average molecular weight is 313 g/mol. The third-order valence-corrected chi connectivity index (χ3v) is 3.60. The number of nitrogens with one attached hydrogen (secondary N) is 2. The predicted molar refractivity (Wildman–Crippen MR) is 93.1 cm³/mol. The summed E-state index contributed by atoms with van der Waals surface area (Å²) in [4.78, 5) is 23.7. The van der Waals surface area contributed by atoms with Crippen LogP contribution >= 0.6 is 0 Å². The first kappa shape index (κ1) is 17.0. The van der Waals surface area contributed by atoms with Crippen molar-refractivity contribution in [3.8, 4) is 0 Å². The number of carbonyl (C=O) groups is 2. The van der Waals surface area contributed by atoms with Crippen LogP contribution in [0.4, 0.5) is 5.69 Å². The van der Waals surface area contributed by atoms with Crippen molar-refractivity contribution in [2.24, 2.45) is 5.73 Å². The van der Waals surface area contributed by atoms with Gasteiger partial charge in [-0.25, -0.2) is 0 Å². The Bertz CT molecular complexity index is 665. The maximum atomic E-state index is 12.0. The van der Waals surface area contributed by atoms with E-state index >= 15 is 0 Å². The van der Waals surface area contributed by atoms with E-state index in [4.69, 9.17) is 5.73 Å². The summed E-state index contributed by atoms with van der Waals surface area (Å²) in [5.41, 5.74) is 6.17. The summed E-state index contributed by atoms with van der Waals surface area (Å²) in [6.45, 7) is 1.24. The van der Waals surface area contributed by atoms with Crippen LogP contribution in [0.5, 0.6) is 0 Å². The van der Waals surface area contributed by atoms with Gasteiger partial charge in [0.1, 0.15) is 0 Å².